The van der Waals surface area contributed by atoms with E-state index in [0.717, 1.165) is 35.6 Å². The highest BCUT2D eigenvalue weighted by Gasteiger charge is 2.23. The first-order valence-electron chi connectivity index (χ1n) is 11.1. The number of rotatable bonds is 4. The van der Waals surface area contributed by atoms with Crippen LogP contribution in [0.25, 0.3) is 11.7 Å². The van der Waals surface area contributed by atoms with Crippen LogP contribution in [-0.2, 0) is 4.79 Å². The lowest BCUT2D eigenvalue weighted by Crippen LogP contribution is -2.54. The van der Waals surface area contributed by atoms with Crippen molar-refractivity contribution in [3.05, 3.63) is 59.2 Å². The average molecular weight is 461 g/mol. The van der Waals surface area contributed by atoms with Gasteiger partial charge in [0.25, 0.3) is 0 Å². The van der Waals surface area contributed by atoms with Crippen LogP contribution in [-0.4, -0.2) is 41.0 Å². The molecule has 0 radical (unpaired) electrons. The number of nitrogens with two attached hydrogens (primary N) is 2. The monoisotopic (exact) mass is 460 g/mol. The fourth-order valence-corrected chi connectivity index (χ4v) is 4.25. The number of hydrogen-bond donors (Lipinski definition) is 4. The molecule has 34 heavy (non-hydrogen) atoms. The van der Waals surface area contributed by atoms with Crippen LogP contribution in [0.15, 0.2) is 36.8 Å². The summed E-state index contributed by atoms with van der Waals surface area (Å²) in [5.74, 6) is 0. The molecule has 6 N–H and O–H groups in total. The van der Waals surface area contributed by atoms with Crippen LogP contribution < -0.4 is 27.0 Å². The molecule has 1 aromatic carbocycles. The zero-order chi connectivity index (χ0) is 24.8. The number of nitrogen functional groups attached to an aromatic ring is 1. The first-order chi connectivity index (χ1) is 16.3. The average Bonchev–Trinajstić information content (AvgIpc) is 3.16. The number of imidazole rings is 1. The number of aryl methyl sites for hydroxylation is 2. The van der Waals surface area contributed by atoms with Gasteiger partial charge in [-0.25, -0.2) is 4.98 Å². The SMILES string of the molecule is Cc1ccc(N2CC(C)NC(C)C2)c(/C=C\N)c1N.Cc1cn2cc(NC=O)cc(C#N)c2n1. The first-order valence-corrected chi connectivity index (χ1v) is 11.1. The van der Waals surface area contributed by atoms with Crippen LogP contribution in [0, 0.1) is 25.2 Å². The van der Waals surface area contributed by atoms with E-state index in [1.807, 2.05) is 26.0 Å². The molecular formula is C25H32N8O. The Balaban J connectivity index is 0.000000196. The van der Waals surface area contributed by atoms with E-state index < -0.39 is 0 Å². The number of fused-ring (bicyclic) bond motifs is 1. The van der Waals surface area contributed by atoms with Gasteiger partial charge >= 0.3 is 0 Å². The summed E-state index contributed by atoms with van der Waals surface area (Å²) in [6.45, 7) is 10.3. The van der Waals surface area contributed by atoms with Crippen molar-refractivity contribution in [2.24, 2.45) is 5.73 Å². The van der Waals surface area contributed by atoms with Gasteiger partial charge in [0, 0.05) is 54.5 Å². The number of amides is 1. The van der Waals surface area contributed by atoms with Gasteiger partial charge in [-0.2, -0.15) is 5.26 Å². The number of hydrogen-bond acceptors (Lipinski definition) is 7. The van der Waals surface area contributed by atoms with Crippen molar-refractivity contribution in [3.8, 4) is 6.07 Å². The number of carbonyl (C=O) groups excluding carboxylic acids is 1. The lowest BCUT2D eigenvalue weighted by Gasteiger charge is -2.38. The van der Waals surface area contributed by atoms with Gasteiger partial charge in [0.15, 0.2) is 5.65 Å². The Bertz CT molecular complexity index is 1230. The maximum Gasteiger partial charge on any atom is 0.211 e. The molecule has 1 saturated heterocycles. The largest absolute Gasteiger partial charge is 0.405 e. The summed E-state index contributed by atoms with van der Waals surface area (Å²) in [5.41, 5.74) is 18.3. The predicted octanol–water partition coefficient (Wildman–Crippen LogP) is 2.78. The van der Waals surface area contributed by atoms with Crippen LogP contribution in [0.4, 0.5) is 17.1 Å². The standard InChI is InChI=1S/C15H24N4.C10H8N4O/c1-10-4-5-14(13(6-7-16)15(10)17)19-8-11(2)18-12(3)9-19;1-7-4-14-5-9(12-6-15)2-8(3-11)10(14)13-7/h4-7,11-12,18H,8-9,16-17H2,1-3H3;2,4-6H,1H3,(H,12,15)/b7-6-;. The third-order valence-electron chi connectivity index (χ3n) is 5.66. The third kappa shape index (κ3) is 5.47. The number of carbonyl (C=O) groups is 1. The zero-order valence-corrected chi connectivity index (χ0v) is 20.0. The van der Waals surface area contributed by atoms with Crippen molar-refractivity contribution >= 4 is 35.2 Å². The molecular weight excluding hydrogens is 428 g/mol. The summed E-state index contributed by atoms with van der Waals surface area (Å²) in [5, 5.41) is 15.0. The highest BCUT2D eigenvalue weighted by Crippen LogP contribution is 2.31. The number of piperazine rings is 1. The Hall–Kier alpha value is -4.03. The molecule has 1 aliphatic rings. The van der Waals surface area contributed by atoms with Gasteiger partial charge in [0.05, 0.1) is 16.9 Å². The summed E-state index contributed by atoms with van der Waals surface area (Å²) in [4.78, 5) is 16.9. The van der Waals surface area contributed by atoms with Gasteiger partial charge in [0.1, 0.15) is 6.07 Å². The molecule has 0 saturated carbocycles. The molecule has 9 nitrogen and oxygen atoms in total. The van der Waals surface area contributed by atoms with Gasteiger partial charge in [-0.3, -0.25) is 4.79 Å². The Kier molecular flexibility index (Phi) is 7.76. The summed E-state index contributed by atoms with van der Waals surface area (Å²) in [6.07, 6.45) is 7.54. The summed E-state index contributed by atoms with van der Waals surface area (Å²) in [7, 11) is 0. The van der Waals surface area contributed by atoms with Gasteiger partial charge in [-0.05, 0) is 57.7 Å². The van der Waals surface area contributed by atoms with E-state index in [1.54, 1.807) is 29.1 Å². The second-order valence-electron chi connectivity index (χ2n) is 8.59. The minimum atomic E-state index is 0.440. The lowest BCUT2D eigenvalue weighted by atomic mass is 10.0. The van der Waals surface area contributed by atoms with E-state index in [0.29, 0.717) is 35.4 Å². The van der Waals surface area contributed by atoms with Gasteiger partial charge < -0.3 is 31.4 Å². The number of nitriles is 1. The Morgan fingerprint density at radius 1 is 1.24 bits per heavy atom. The molecule has 2 aromatic heterocycles. The number of benzene rings is 1. The van der Waals surface area contributed by atoms with Crippen molar-refractivity contribution in [2.75, 3.05) is 29.0 Å². The number of aromatic nitrogens is 2. The number of nitrogens with zero attached hydrogens (tertiary/aromatic N) is 4. The van der Waals surface area contributed by atoms with Crippen molar-refractivity contribution in [1.82, 2.24) is 14.7 Å². The molecule has 1 aliphatic heterocycles. The normalized spacial score (nSPS) is 17.8. The number of anilines is 3. The van der Waals surface area contributed by atoms with Crippen LogP contribution in [0.5, 0.6) is 0 Å². The van der Waals surface area contributed by atoms with Crippen molar-refractivity contribution < 1.29 is 4.79 Å². The smallest absolute Gasteiger partial charge is 0.211 e. The van der Waals surface area contributed by atoms with E-state index in [9.17, 15) is 4.79 Å². The summed E-state index contributed by atoms with van der Waals surface area (Å²) in [6, 6.07) is 8.81. The minimum Gasteiger partial charge on any atom is -0.405 e. The molecule has 2 atom stereocenters. The van der Waals surface area contributed by atoms with Crippen LogP contribution in [0.3, 0.4) is 0 Å². The maximum atomic E-state index is 10.3. The quantitative estimate of drug-likeness (QED) is 0.347. The van der Waals surface area contributed by atoms with Crippen molar-refractivity contribution in [2.45, 2.75) is 39.8 Å². The molecule has 2 unspecified atom stereocenters. The second-order valence-corrected chi connectivity index (χ2v) is 8.59. The third-order valence-corrected chi connectivity index (χ3v) is 5.66. The Morgan fingerprint density at radius 2 is 1.94 bits per heavy atom. The van der Waals surface area contributed by atoms with Crippen molar-refractivity contribution in [1.29, 1.82) is 5.26 Å². The number of nitrogens with one attached hydrogen (secondary N) is 2. The molecule has 178 valence electrons. The van der Waals surface area contributed by atoms with E-state index in [4.69, 9.17) is 16.7 Å². The van der Waals surface area contributed by atoms with E-state index in [1.165, 1.54) is 5.69 Å². The van der Waals surface area contributed by atoms with Gasteiger partial charge in [-0.1, -0.05) is 6.07 Å². The molecule has 3 aromatic rings. The molecule has 4 rings (SSSR count). The minimum absolute atomic E-state index is 0.440. The lowest BCUT2D eigenvalue weighted by molar-refractivity contribution is -0.105. The molecule has 1 amide bonds. The highest BCUT2D eigenvalue weighted by atomic mass is 16.1. The first kappa shape index (κ1) is 24.6. The van der Waals surface area contributed by atoms with Crippen LogP contribution >= 0.6 is 0 Å². The van der Waals surface area contributed by atoms with Crippen LogP contribution in [0.1, 0.15) is 36.2 Å². The second kappa shape index (κ2) is 10.7. The molecule has 0 bridgehead atoms. The number of pyridine rings is 1. The van der Waals surface area contributed by atoms with E-state index in [2.05, 4.69) is 46.5 Å². The van der Waals surface area contributed by atoms with Crippen molar-refractivity contribution in [3.63, 3.8) is 0 Å². The molecule has 9 heteroatoms. The fraction of sp³-hybridized carbons (Fsp3) is 0.320. The Labute approximate surface area is 200 Å². The van der Waals surface area contributed by atoms with Gasteiger partial charge in [0.2, 0.25) is 6.41 Å². The summed E-state index contributed by atoms with van der Waals surface area (Å²) >= 11 is 0. The molecule has 1 fully saturated rings. The van der Waals surface area contributed by atoms with Gasteiger partial charge in [-0.15, -0.1) is 0 Å². The summed E-state index contributed by atoms with van der Waals surface area (Å²) < 4.78 is 1.72. The topological polar surface area (TPSA) is 138 Å². The molecule has 3 heterocycles. The zero-order valence-electron chi connectivity index (χ0n) is 20.0. The van der Waals surface area contributed by atoms with Crippen LogP contribution in [0.2, 0.25) is 0 Å². The highest BCUT2D eigenvalue weighted by molar-refractivity contribution is 5.79. The van der Waals surface area contributed by atoms with E-state index in [-0.39, 0.29) is 0 Å². The van der Waals surface area contributed by atoms with E-state index >= 15 is 0 Å². The predicted molar refractivity (Wildman–Crippen MR) is 137 cm³/mol. The Morgan fingerprint density at radius 3 is 2.56 bits per heavy atom. The molecule has 0 aliphatic carbocycles. The maximum absolute atomic E-state index is 10.3. The fourth-order valence-electron chi connectivity index (χ4n) is 4.25. The molecule has 0 spiro atoms.